The summed E-state index contributed by atoms with van der Waals surface area (Å²) in [6, 6.07) is 2.80. The van der Waals surface area contributed by atoms with Crippen LogP contribution >= 0.6 is 0 Å². The summed E-state index contributed by atoms with van der Waals surface area (Å²) in [4.78, 5) is 56.2. The maximum absolute atomic E-state index is 11.8. The average Bonchev–Trinajstić information content (AvgIpc) is 2.97. The molecule has 0 saturated carbocycles. The predicted molar refractivity (Wildman–Crippen MR) is 176 cm³/mol. The van der Waals surface area contributed by atoms with Crippen LogP contribution in [0.1, 0.15) is 41.5 Å². The van der Waals surface area contributed by atoms with Crippen LogP contribution in [-0.4, -0.2) is 110 Å². The lowest BCUT2D eigenvalue weighted by Gasteiger charge is -2.32. The third-order valence-electron chi connectivity index (χ3n) is 5.58. The van der Waals surface area contributed by atoms with Gasteiger partial charge in [-0.05, 0) is 41.5 Å². The fourth-order valence-corrected chi connectivity index (χ4v) is 3.51. The normalized spacial score (nSPS) is 10.9. The van der Waals surface area contributed by atoms with Gasteiger partial charge in [0.25, 0.3) is 0 Å². The zero-order valence-electron chi connectivity index (χ0n) is 28.9. The van der Waals surface area contributed by atoms with Crippen LogP contribution in [0.5, 0.6) is 11.5 Å². The first kappa shape index (κ1) is 40.9. The van der Waals surface area contributed by atoms with E-state index >= 15 is 0 Å². The highest BCUT2D eigenvalue weighted by atomic mass is 16.6. The molecule has 0 aliphatic heterocycles. The van der Waals surface area contributed by atoms with Gasteiger partial charge in [0, 0.05) is 38.9 Å². The number of anilines is 4. The predicted octanol–water partition coefficient (Wildman–Crippen LogP) is 5.14. The lowest BCUT2D eigenvalue weighted by Crippen LogP contribution is -2.45. The van der Waals surface area contributed by atoms with Crippen LogP contribution in [0.3, 0.4) is 0 Å². The summed E-state index contributed by atoms with van der Waals surface area (Å²) in [6.07, 6.45) is -1.06. The number of hydrogen-bond donors (Lipinski definition) is 4. The van der Waals surface area contributed by atoms with Crippen molar-refractivity contribution in [3.05, 3.63) is 24.5 Å². The summed E-state index contributed by atoms with van der Waals surface area (Å²) in [5.41, 5.74) is -0.908. The molecule has 0 spiro atoms. The van der Waals surface area contributed by atoms with Crippen molar-refractivity contribution in [3.63, 3.8) is 0 Å². The van der Waals surface area contributed by atoms with Crippen molar-refractivity contribution < 1.29 is 57.8 Å². The van der Waals surface area contributed by atoms with Gasteiger partial charge in [0.2, 0.25) is 0 Å². The van der Waals surface area contributed by atoms with E-state index < -0.39 is 35.5 Å². The number of pyridine rings is 2. The van der Waals surface area contributed by atoms with Gasteiger partial charge >= 0.3 is 24.4 Å². The molecule has 2 rings (SSSR count). The Labute approximate surface area is 279 Å². The Hall–Kier alpha value is -5.10. The van der Waals surface area contributed by atoms with E-state index in [-0.39, 0.29) is 36.3 Å². The summed E-state index contributed by atoms with van der Waals surface area (Å²) in [5, 5.41) is 23.6. The number of nitrogens with zero attached hydrogens (tertiary/aromatic N) is 4. The standard InChI is InChI=1S/2C15H23N3O6/c1-15(2,3)24-14(20)18-12-8-10(17-13(19)22-5)11(9-16-12)23-7-6-21-4;1-15(2,3)18(14(21)22)12-8-10(17(4)13(19)20)11(9-16-12)24-7-6-23-5/h8-9H,6-7H2,1-5H3,(H2,16,17,18,19,20);8-9H,6-7H2,1-5H3,(H,19,20)(H,21,22). The molecule has 0 fully saturated rings. The highest BCUT2D eigenvalue weighted by Crippen LogP contribution is 2.33. The van der Waals surface area contributed by atoms with E-state index in [0.29, 0.717) is 24.7 Å². The van der Waals surface area contributed by atoms with Gasteiger partial charge in [-0.15, -0.1) is 0 Å². The van der Waals surface area contributed by atoms with Gasteiger partial charge in [0.1, 0.15) is 30.5 Å². The molecule has 18 nitrogen and oxygen atoms in total. The fourth-order valence-electron chi connectivity index (χ4n) is 3.51. The SMILES string of the molecule is COCCOc1cnc(N(C(=O)O)C(C)(C)C)cc1N(C)C(=O)O.COCCOc1cnc(NC(=O)OC(C)(C)C)cc1NC(=O)OC. The Morgan fingerprint density at radius 2 is 1.33 bits per heavy atom. The summed E-state index contributed by atoms with van der Waals surface area (Å²) >= 11 is 0. The molecule has 2 heterocycles. The van der Waals surface area contributed by atoms with Crippen LogP contribution in [0.2, 0.25) is 0 Å². The number of ether oxygens (including phenoxy) is 6. The zero-order valence-corrected chi connectivity index (χ0v) is 28.9. The minimum Gasteiger partial charge on any atom is -0.487 e. The molecule has 18 heteroatoms. The molecule has 0 atom stereocenters. The summed E-state index contributed by atoms with van der Waals surface area (Å²) < 4.78 is 30.4. The number of carboxylic acid groups (broad SMARTS) is 2. The van der Waals surface area contributed by atoms with Crippen molar-refractivity contribution in [2.75, 3.05) is 75.2 Å². The topological polar surface area (TPSA) is 220 Å². The van der Waals surface area contributed by atoms with Crippen molar-refractivity contribution in [2.45, 2.75) is 52.7 Å². The first-order valence-electron chi connectivity index (χ1n) is 14.4. The quantitative estimate of drug-likeness (QED) is 0.213. The van der Waals surface area contributed by atoms with Crippen LogP contribution in [0.4, 0.5) is 42.2 Å². The monoisotopic (exact) mass is 682 g/mol. The van der Waals surface area contributed by atoms with E-state index in [4.69, 9.17) is 23.7 Å². The van der Waals surface area contributed by atoms with Crippen LogP contribution in [0, 0.1) is 0 Å². The number of carbonyl (C=O) groups excluding carboxylic acids is 2. The number of hydrogen-bond acceptors (Lipinski definition) is 12. The third kappa shape index (κ3) is 14.1. The van der Waals surface area contributed by atoms with Crippen molar-refractivity contribution in [1.29, 1.82) is 0 Å². The van der Waals surface area contributed by atoms with Gasteiger partial charge in [-0.3, -0.25) is 20.4 Å². The molecule has 0 radical (unpaired) electrons. The van der Waals surface area contributed by atoms with E-state index in [9.17, 15) is 29.4 Å². The van der Waals surface area contributed by atoms with Crippen LogP contribution in [-0.2, 0) is 18.9 Å². The van der Waals surface area contributed by atoms with Crippen molar-refractivity contribution in [3.8, 4) is 11.5 Å². The minimum atomic E-state index is -1.21. The van der Waals surface area contributed by atoms with E-state index in [2.05, 4.69) is 25.3 Å². The summed E-state index contributed by atoms with van der Waals surface area (Å²) in [6.45, 7) is 11.6. The highest BCUT2D eigenvalue weighted by molar-refractivity contribution is 5.91. The Morgan fingerprint density at radius 3 is 1.81 bits per heavy atom. The molecular weight excluding hydrogens is 636 g/mol. The number of methoxy groups -OCH3 is 3. The second-order valence-corrected chi connectivity index (χ2v) is 11.6. The van der Waals surface area contributed by atoms with Gasteiger partial charge in [-0.1, -0.05) is 0 Å². The van der Waals surface area contributed by atoms with Crippen LogP contribution < -0.4 is 29.9 Å². The molecule has 4 N–H and O–H groups in total. The van der Waals surface area contributed by atoms with E-state index in [1.807, 2.05) is 0 Å². The number of nitrogens with one attached hydrogen (secondary N) is 2. The Kier molecular flexibility index (Phi) is 16.1. The zero-order chi connectivity index (χ0) is 36.7. The summed E-state index contributed by atoms with van der Waals surface area (Å²) in [7, 11) is 5.64. The molecule has 0 aliphatic carbocycles. The number of carbonyl (C=O) groups is 4. The Morgan fingerprint density at radius 1 is 0.771 bits per heavy atom. The smallest absolute Gasteiger partial charge is 0.413 e. The van der Waals surface area contributed by atoms with E-state index in [1.54, 1.807) is 48.7 Å². The second-order valence-electron chi connectivity index (χ2n) is 11.6. The van der Waals surface area contributed by atoms with E-state index in [1.165, 1.54) is 45.8 Å². The van der Waals surface area contributed by atoms with Crippen molar-refractivity contribution in [2.24, 2.45) is 0 Å². The van der Waals surface area contributed by atoms with Gasteiger partial charge < -0.3 is 38.6 Å². The molecule has 268 valence electrons. The molecule has 2 aromatic rings. The van der Waals surface area contributed by atoms with Gasteiger partial charge in [-0.25, -0.2) is 29.1 Å². The molecule has 0 aliphatic rings. The lowest BCUT2D eigenvalue weighted by atomic mass is 10.1. The number of amides is 4. The Bertz CT molecular complexity index is 1380. The maximum Gasteiger partial charge on any atom is 0.413 e. The maximum atomic E-state index is 11.8. The van der Waals surface area contributed by atoms with Gasteiger partial charge in [0.05, 0.1) is 44.1 Å². The first-order chi connectivity index (χ1) is 22.3. The molecular formula is C30H46N6O12. The number of rotatable bonds is 12. The molecule has 48 heavy (non-hydrogen) atoms. The first-order valence-corrected chi connectivity index (χ1v) is 14.4. The molecule has 0 unspecified atom stereocenters. The number of aromatic nitrogens is 2. The molecule has 2 aromatic heterocycles. The summed E-state index contributed by atoms with van der Waals surface area (Å²) in [5.74, 6) is 0.832. The minimum absolute atomic E-state index is 0.109. The van der Waals surface area contributed by atoms with Gasteiger partial charge in [-0.2, -0.15) is 0 Å². The van der Waals surface area contributed by atoms with Crippen molar-refractivity contribution >= 4 is 47.4 Å². The second kappa shape index (κ2) is 18.9. The highest BCUT2D eigenvalue weighted by Gasteiger charge is 2.30. The fraction of sp³-hybridized carbons (Fsp3) is 0.533. The third-order valence-corrected chi connectivity index (χ3v) is 5.58. The molecule has 4 amide bonds. The largest absolute Gasteiger partial charge is 0.487 e. The molecule has 0 saturated heterocycles. The lowest BCUT2D eigenvalue weighted by molar-refractivity contribution is 0.0635. The van der Waals surface area contributed by atoms with Crippen LogP contribution in [0.25, 0.3) is 0 Å². The van der Waals surface area contributed by atoms with Gasteiger partial charge in [0.15, 0.2) is 11.5 Å². The Balaban J connectivity index is 0.000000480. The van der Waals surface area contributed by atoms with E-state index in [0.717, 1.165) is 9.80 Å². The molecule has 0 aromatic carbocycles. The molecule has 0 bridgehead atoms. The van der Waals surface area contributed by atoms with Crippen molar-refractivity contribution in [1.82, 2.24) is 9.97 Å². The average molecular weight is 683 g/mol. The van der Waals surface area contributed by atoms with Crippen LogP contribution in [0.15, 0.2) is 24.5 Å².